The normalized spacial score (nSPS) is 12.9. The van der Waals surface area contributed by atoms with E-state index < -0.39 is 6.10 Å². The number of ether oxygens (including phenoxy) is 3. The predicted molar refractivity (Wildman–Crippen MR) is 78.7 cm³/mol. The molecule has 0 aliphatic carbocycles. The topological polar surface area (TPSA) is 44.8 Å². The third kappa shape index (κ3) is 3.73. The first-order chi connectivity index (χ1) is 9.35. The summed E-state index contributed by atoms with van der Waals surface area (Å²) in [6.07, 6.45) is -0.520. The number of hydrogen-bond acceptors (Lipinski definition) is 4. The van der Waals surface area contributed by atoms with Crippen molar-refractivity contribution in [1.82, 2.24) is 0 Å². The summed E-state index contributed by atoms with van der Waals surface area (Å²) in [6.45, 7) is 8.32. The van der Waals surface area contributed by atoms with E-state index in [0.717, 1.165) is 0 Å². The summed E-state index contributed by atoms with van der Waals surface area (Å²) < 4.78 is 16.1. The molecular weight excluding hydrogens is 256 g/mol. The molecule has 0 heterocycles. The molecule has 112 valence electrons. The number of methoxy groups -OCH3 is 2. The van der Waals surface area contributed by atoms with Crippen LogP contribution in [0.5, 0.6) is 11.5 Å². The van der Waals surface area contributed by atoms with Gasteiger partial charge < -0.3 is 14.2 Å². The number of carbonyl (C=O) groups is 1. The maximum atomic E-state index is 12.8. The number of Topliss-reactive ketones (excluding diaryl/α,β-unsaturated/α-hetero) is 1. The lowest BCUT2D eigenvalue weighted by molar-refractivity contribution is -0.000399. The van der Waals surface area contributed by atoms with Gasteiger partial charge in [0.15, 0.2) is 5.78 Å². The number of benzene rings is 1. The molecule has 4 nitrogen and oxygen atoms in total. The fourth-order valence-electron chi connectivity index (χ4n) is 2.03. The van der Waals surface area contributed by atoms with E-state index in [1.165, 1.54) is 0 Å². The summed E-state index contributed by atoms with van der Waals surface area (Å²) in [5.41, 5.74) is 0.196. The molecular formula is C16H24O4. The first kappa shape index (κ1) is 16.5. The lowest BCUT2D eigenvalue weighted by atomic mass is 9.84. The van der Waals surface area contributed by atoms with Crippen LogP contribution in [-0.2, 0) is 4.74 Å². The molecule has 20 heavy (non-hydrogen) atoms. The van der Waals surface area contributed by atoms with Crippen molar-refractivity contribution in [2.75, 3.05) is 20.8 Å². The van der Waals surface area contributed by atoms with E-state index in [9.17, 15) is 4.79 Å². The highest BCUT2D eigenvalue weighted by Gasteiger charge is 2.34. The molecule has 0 saturated carbocycles. The standard InChI is InChI=1S/C16H24O4/c1-7-20-15(16(2,3)4)14(17)12-10-11(18-5)8-9-13(12)19-6/h8-10,15H,7H2,1-6H3. The highest BCUT2D eigenvalue weighted by molar-refractivity contribution is 6.02. The van der Waals surface area contributed by atoms with E-state index in [-0.39, 0.29) is 11.2 Å². The van der Waals surface area contributed by atoms with E-state index in [2.05, 4.69) is 0 Å². The Morgan fingerprint density at radius 2 is 1.85 bits per heavy atom. The summed E-state index contributed by atoms with van der Waals surface area (Å²) in [7, 11) is 3.12. The van der Waals surface area contributed by atoms with Gasteiger partial charge in [-0.05, 0) is 30.5 Å². The van der Waals surface area contributed by atoms with Gasteiger partial charge in [-0.1, -0.05) is 20.8 Å². The Labute approximate surface area is 121 Å². The first-order valence-corrected chi connectivity index (χ1v) is 6.73. The maximum absolute atomic E-state index is 12.8. The second-order valence-corrected chi connectivity index (χ2v) is 5.63. The highest BCUT2D eigenvalue weighted by atomic mass is 16.5. The van der Waals surface area contributed by atoms with Crippen LogP contribution in [0.2, 0.25) is 0 Å². The molecule has 0 N–H and O–H groups in total. The van der Waals surface area contributed by atoms with Gasteiger partial charge in [0.05, 0.1) is 19.8 Å². The molecule has 1 atom stereocenters. The fourth-order valence-corrected chi connectivity index (χ4v) is 2.03. The van der Waals surface area contributed by atoms with Gasteiger partial charge in [0, 0.05) is 6.61 Å². The average molecular weight is 280 g/mol. The Balaban J connectivity index is 3.23. The third-order valence-electron chi connectivity index (χ3n) is 3.03. The van der Waals surface area contributed by atoms with Crippen LogP contribution in [0.25, 0.3) is 0 Å². The molecule has 1 aromatic rings. The molecule has 0 aliphatic rings. The minimum absolute atomic E-state index is 0.0879. The molecule has 0 spiro atoms. The Hall–Kier alpha value is -1.55. The minimum atomic E-state index is -0.520. The van der Waals surface area contributed by atoms with Gasteiger partial charge in [-0.15, -0.1) is 0 Å². The Kier molecular flexibility index (Phi) is 5.57. The van der Waals surface area contributed by atoms with Crippen molar-refractivity contribution in [2.45, 2.75) is 33.8 Å². The second kappa shape index (κ2) is 6.75. The van der Waals surface area contributed by atoms with Gasteiger partial charge in [0.2, 0.25) is 0 Å². The lowest BCUT2D eigenvalue weighted by Crippen LogP contribution is -2.37. The van der Waals surface area contributed by atoms with Gasteiger partial charge in [-0.3, -0.25) is 4.79 Å². The molecule has 1 rings (SSSR count). The lowest BCUT2D eigenvalue weighted by Gasteiger charge is -2.29. The predicted octanol–water partition coefficient (Wildman–Crippen LogP) is 3.34. The molecule has 0 radical (unpaired) electrons. The van der Waals surface area contributed by atoms with Gasteiger partial charge in [-0.25, -0.2) is 0 Å². The van der Waals surface area contributed by atoms with Gasteiger partial charge in [0.1, 0.15) is 17.6 Å². The monoisotopic (exact) mass is 280 g/mol. The summed E-state index contributed by atoms with van der Waals surface area (Å²) in [5, 5.41) is 0. The Bertz CT molecular complexity index is 460. The van der Waals surface area contributed by atoms with E-state index in [4.69, 9.17) is 14.2 Å². The first-order valence-electron chi connectivity index (χ1n) is 6.73. The molecule has 0 amide bonds. The van der Waals surface area contributed by atoms with Crippen LogP contribution < -0.4 is 9.47 Å². The zero-order valence-electron chi connectivity index (χ0n) is 13.1. The molecule has 0 saturated heterocycles. The van der Waals surface area contributed by atoms with E-state index in [0.29, 0.717) is 23.7 Å². The molecule has 4 heteroatoms. The van der Waals surface area contributed by atoms with Crippen molar-refractivity contribution in [2.24, 2.45) is 5.41 Å². The van der Waals surface area contributed by atoms with E-state index in [1.807, 2.05) is 27.7 Å². The van der Waals surface area contributed by atoms with Gasteiger partial charge >= 0.3 is 0 Å². The van der Waals surface area contributed by atoms with Gasteiger partial charge in [0.25, 0.3) is 0 Å². The summed E-state index contributed by atoms with van der Waals surface area (Å²) in [4.78, 5) is 12.8. The van der Waals surface area contributed by atoms with Crippen LogP contribution in [-0.4, -0.2) is 32.7 Å². The van der Waals surface area contributed by atoms with E-state index in [1.54, 1.807) is 32.4 Å². The van der Waals surface area contributed by atoms with Crippen LogP contribution in [0.3, 0.4) is 0 Å². The van der Waals surface area contributed by atoms with Crippen LogP contribution in [0.4, 0.5) is 0 Å². The highest BCUT2D eigenvalue weighted by Crippen LogP contribution is 2.31. The number of ketones is 1. The second-order valence-electron chi connectivity index (χ2n) is 5.63. The van der Waals surface area contributed by atoms with Crippen LogP contribution in [0, 0.1) is 5.41 Å². The van der Waals surface area contributed by atoms with Crippen molar-refractivity contribution in [3.8, 4) is 11.5 Å². The summed E-state index contributed by atoms with van der Waals surface area (Å²) >= 11 is 0. The van der Waals surface area contributed by atoms with E-state index >= 15 is 0 Å². The smallest absolute Gasteiger partial charge is 0.195 e. The zero-order chi connectivity index (χ0) is 15.3. The zero-order valence-corrected chi connectivity index (χ0v) is 13.1. The molecule has 0 aromatic heterocycles. The molecule has 1 unspecified atom stereocenters. The van der Waals surface area contributed by atoms with Crippen molar-refractivity contribution < 1.29 is 19.0 Å². The largest absolute Gasteiger partial charge is 0.497 e. The quantitative estimate of drug-likeness (QED) is 0.750. The van der Waals surface area contributed by atoms with Crippen LogP contribution >= 0.6 is 0 Å². The average Bonchev–Trinajstić information content (AvgIpc) is 2.42. The minimum Gasteiger partial charge on any atom is -0.497 e. The fraction of sp³-hybridized carbons (Fsp3) is 0.562. The summed E-state index contributed by atoms with van der Waals surface area (Å²) in [5.74, 6) is 1.07. The SMILES string of the molecule is CCOC(C(=O)c1cc(OC)ccc1OC)C(C)(C)C. The summed E-state index contributed by atoms with van der Waals surface area (Å²) in [6, 6.07) is 5.19. The Morgan fingerprint density at radius 3 is 2.30 bits per heavy atom. The molecule has 0 aliphatic heterocycles. The van der Waals surface area contributed by atoms with Crippen molar-refractivity contribution >= 4 is 5.78 Å². The maximum Gasteiger partial charge on any atom is 0.195 e. The number of hydrogen-bond donors (Lipinski definition) is 0. The van der Waals surface area contributed by atoms with Crippen molar-refractivity contribution in [3.63, 3.8) is 0 Å². The van der Waals surface area contributed by atoms with Crippen LogP contribution in [0.1, 0.15) is 38.1 Å². The Morgan fingerprint density at radius 1 is 1.20 bits per heavy atom. The number of rotatable bonds is 6. The van der Waals surface area contributed by atoms with Crippen LogP contribution in [0.15, 0.2) is 18.2 Å². The van der Waals surface area contributed by atoms with Crippen molar-refractivity contribution in [3.05, 3.63) is 23.8 Å². The molecule has 1 aromatic carbocycles. The number of carbonyl (C=O) groups excluding carboxylic acids is 1. The van der Waals surface area contributed by atoms with Crippen molar-refractivity contribution in [1.29, 1.82) is 0 Å². The third-order valence-corrected chi connectivity index (χ3v) is 3.03. The van der Waals surface area contributed by atoms with Gasteiger partial charge in [-0.2, -0.15) is 0 Å². The molecule has 0 bridgehead atoms. The molecule has 0 fully saturated rings.